The zero-order valence-corrected chi connectivity index (χ0v) is 20.4. The van der Waals surface area contributed by atoms with Crippen molar-refractivity contribution in [1.29, 1.82) is 0 Å². The van der Waals surface area contributed by atoms with Crippen LogP contribution in [0.2, 0.25) is 0 Å². The van der Waals surface area contributed by atoms with E-state index in [0.717, 1.165) is 23.6 Å². The van der Waals surface area contributed by atoms with Crippen LogP contribution in [-0.2, 0) is 13.1 Å². The monoisotopic (exact) mass is 530 g/mol. The second-order valence-corrected chi connectivity index (χ2v) is 6.81. The molecule has 0 bridgehead atoms. The molecule has 0 aromatic heterocycles. The Kier molecular flexibility index (Phi) is 12.1. The molecule has 0 amide bonds. The van der Waals surface area contributed by atoms with Gasteiger partial charge in [0, 0.05) is 18.7 Å². The molecule has 0 unspecified atom stereocenters. The van der Waals surface area contributed by atoms with E-state index in [1.807, 2.05) is 56.3 Å². The molecule has 8 heteroatoms. The molecule has 0 aliphatic carbocycles. The Labute approximate surface area is 195 Å². The van der Waals surface area contributed by atoms with Gasteiger partial charge in [-0.15, -0.1) is 24.0 Å². The highest BCUT2D eigenvalue weighted by Gasteiger charge is 2.05. The minimum atomic E-state index is -0.188. The smallest absolute Gasteiger partial charge is 0.191 e. The summed E-state index contributed by atoms with van der Waals surface area (Å²) < 4.78 is 24.8. The fraction of sp³-hybridized carbons (Fsp3) is 0.409. The summed E-state index contributed by atoms with van der Waals surface area (Å²) in [4.78, 5) is 6.53. The number of halogens is 2. The lowest BCUT2D eigenvalue weighted by molar-refractivity contribution is 0.321. The molecule has 0 heterocycles. The minimum absolute atomic E-state index is 0. The SMILES string of the molecule is CCNC(=NCc1ccc(F)c(CN(C)C)c1)NCCOc1ccc(OC)cc1.I. The van der Waals surface area contributed by atoms with Gasteiger partial charge in [0.2, 0.25) is 0 Å². The second-order valence-electron chi connectivity index (χ2n) is 6.81. The van der Waals surface area contributed by atoms with Crippen LogP contribution in [0.5, 0.6) is 11.5 Å². The van der Waals surface area contributed by atoms with Crippen molar-refractivity contribution in [3.8, 4) is 11.5 Å². The molecule has 30 heavy (non-hydrogen) atoms. The van der Waals surface area contributed by atoms with E-state index in [9.17, 15) is 4.39 Å². The number of methoxy groups -OCH3 is 1. The van der Waals surface area contributed by atoms with Gasteiger partial charge in [-0.2, -0.15) is 0 Å². The van der Waals surface area contributed by atoms with Crippen LogP contribution in [0.3, 0.4) is 0 Å². The summed E-state index contributed by atoms with van der Waals surface area (Å²) in [5.74, 6) is 2.09. The van der Waals surface area contributed by atoms with Crippen LogP contribution in [0, 0.1) is 5.82 Å². The number of aliphatic imine (C=N–C) groups is 1. The standard InChI is InChI=1S/C22H31FN4O2.HI/c1-5-24-22(25-12-13-29-20-9-7-19(28-4)8-10-20)26-15-17-6-11-21(23)18(14-17)16-27(2)3;/h6-11,14H,5,12-13,15-16H2,1-4H3,(H2,24,25,26);1H. The van der Waals surface area contributed by atoms with Crippen molar-refractivity contribution in [2.45, 2.75) is 20.0 Å². The van der Waals surface area contributed by atoms with Crippen LogP contribution >= 0.6 is 24.0 Å². The Morgan fingerprint density at radius 2 is 1.77 bits per heavy atom. The lowest BCUT2D eigenvalue weighted by Gasteiger charge is -2.13. The van der Waals surface area contributed by atoms with Crippen molar-refractivity contribution in [2.75, 3.05) is 40.9 Å². The summed E-state index contributed by atoms with van der Waals surface area (Å²) in [5, 5.41) is 6.46. The Hall–Kier alpha value is -2.07. The third-order valence-corrected chi connectivity index (χ3v) is 4.08. The highest BCUT2D eigenvalue weighted by atomic mass is 127. The normalized spacial score (nSPS) is 11.1. The van der Waals surface area contributed by atoms with Crippen molar-refractivity contribution in [3.63, 3.8) is 0 Å². The molecule has 0 saturated carbocycles. The number of hydrogen-bond acceptors (Lipinski definition) is 4. The van der Waals surface area contributed by atoms with Crippen molar-refractivity contribution < 1.29 is 13.9 Å². The van der Waals surface area contributed by atoms with Gasteiger partial charge in [-0.25, -0.2) is 9.38 Å². The van der Waals surface area contributed by atoms with E-state index < -0.39 is 0 Å². The number of hydrogen-bond donors (Lipinski definition) is 2. The van der Waals surface area contributed by atoms with Crippen molar-refractivity contribution in [3.05, 3.63) is 59.4 Å². The van der Waals surface area contributed by atoms with E-state index in [0.29, 0.717) is 37.8 Å². The average molecular weight is 530 g/mol. The predicted octanol–water partition coefficient (Wildman–Crippen LogP) is 3.65. The summed E-state index contributed by atoms with van der Waals surface area (Å²) in [6.07, 6.45) is 0. The molecule has 0 saturated heterocycles. The molecule has 166 valence electrons. The van der Waals surface area contributed by atoms with E-state index in [1.165, 1.54) is 6.07 Å². The largest absolute Gasteiger partial charge is 0.497 e. The zero-order valence-electron chi connectivity index (χ0n) is 18.1. The summed E-state index contributed by atoms with van der Waals surface area (Å²) in [5.41, 5.74) is 1.64. The minimum Gasteiger partial charge on any atom is -0.497 e. The molecule has 2 aromatic rings. The molecule has 0 fully saturated rings. The molecule has 0 atom stereocenters. The van der Waals surface area contributed by atoms with Gasteiger partial charge >= 0.3 is 0 Å². The molecule has 0 spiro atoms. The third-order valence-electron chi connectivity index (χ3n) is 4.08. The lowest BCUT2D eigenvalue weighted by Crippen LogP contribution is -2.39. The summed E-state index contributed by atoms with van der Waals surface area (Å²) in [7, 11) is 5.48. The van der Waals surface area contributed by atoms with E-state index >= 15 is 0 Å². The average Bonchev–Trinajstić information content (AvgIpc) is 2.71. The van der Waals surface area contributed by atoms with Crippen molar-refractivity contribution in [2.24, 2.45) is 4.99 Å². The molecule has 2 N–H and O–H groups in total. The number of ether oxygens (including phenoxy) is 2. The molecule has 6 nitrogen and oxygen atoms in total. The zero-order chi connectivity index (χ0) is 21.1. The quantitative estimate of drug-likeness (QED) is 0.213. The highest BCUT2D eigenvalue weighted by molar-refractivity contribution is 14.0. The Balaban J connectivity index is 0.00000450. The predicted molar refractivity (Wildman–Crippen MR) is 131 cm³/mol. The number of nitrogens with zero attached hydrogens (tertiary/aromatic N) is 2. The van der Waals surface area contributed by atoms with Gasteiger partial charge in [-0.05, 0) is 63.0 Å². The molecule has 0 aliphatic heterocycles. The van der Waals surface area contributed by atoms with Gasteiger partial charge in [-0.1, -0.05) is 6.07 Å². The van der Waals surface area contributed by atoms with Crippen molar-refractivity contribution >= 4 is 29.9 Å². The molecular weight excluding hydrogens is 498 g/mol. The molecule has 2 rings (SSSR count). The highest BCUT2D eigenvalue weighted by Crippen LogP contribution is 2.16. The lowest BCUT2D eigenvalue weighted by atomic mass is 10.1. The number of guanidine groups is 1. The van der Waals surface area contributed by atoms with Crippen LogP contribution in [0.1, 0.15) is 18.1 Å². The number of nitrogens with one attached hydrogen (secondary N) is 2. The van der Waals surface area contributed by atoms with E-state index in [4.69, 9.17) is 9.47 Å². The first-order valence-electron chi connectivity index (χ1n) is 9.73. The topological polar surface area (TPSA) is 58.1 Å². The summed E-state index contributed by atoms with van der Waals surface area (Å²) >= 11 is 0. The third kappa shape index (κ3) is 9.17. The van der Waals surface area contributed by atoms with Crippen LogP contribution in [0.4, 0.5) is 4.39 Å². The van der Waals surface area contributed by atoms with Crippen LogP contribution in [0.25, 0.3) is 0 Å². The van der Waals surface area contributed by atoms with Crippen LogP contribution in [-0.4, -0.2) is 51.8 Å². The maximum absolute atomic E-state index is 13.9. The van der Waals surface area contributed by atoms with Gasteiger partial charge in [-0.3, -0.25) is 0 Å². The fourth-order valence-corrected chi connectivity index (χ4v) is 2.71. The fourth-order valence-electron chi connectivity index (χ4n) is 2.71. The number of benzene rings is 2. The van der Waals surface area contributed by atoms with Gasteiger partial charge in [0.1, 0.15) is 23.9 Å². The van der Waals surface area contributed by atoms with Gasteiger partial charge < -0.3 is 25.0 Å². The summed E-state index contributed by atoms with van der Waals surface area (Å²) in [6, 6.07) is 12.6. The molecular formula is C22H32FIN4O2. The Morgan fingerprint density at radius 3 is 2.40 bits per heavy atom. The molecule has 0 aliphatic rings. The Bertz CT molecular complexity index is 785. The first kappa shape index (κ1) is 26.0. The van der Waals surface area contributed by atoms with E-state index in [-0.39, 0.29) is 29.8 Å². The Morgan fingerprint density at radius 1 is 1.07 bits per heavy atom. The van der Waals surface area contributed by atoms with Gasteiger partial charge in [0.05, 0.1) is 20.2 Å². The first-order chi connectivity index (χ1) is 14.0. The van der Waals surface area contributed by atoms with Crippen molar-refractivity contribution in [1.82, 2.24) is 15.5 Å². The van der Waals surface area contributed by atoms with Crippen LogP contribution in [0.15, 0.2) is 47.5 Å². The summed E-state index contributed by atoms with van der Waals surface area (Å²) in [6.45, 7) is 4.89. The van der Waals surface area contributed by atoms with E-state index in [1.54, 1.807) is 13.2 Å². The molecule has 2 aromatic carbocycles. The first-order valence-corrected chi connectivity index (χ1v) is 9.73. The maximum atomic E-state index is 13.9. The van der Waals surface area contributed by atoms with Crippen LogP contribution < -0.4 is 20.1 Å². The van der Waals surface area contributed by atoms with E-state index in [2.05, 4.69) is 15.6 Å². The maximum Gasteiger partial charge on any atom is 0.191 e. The van der Waals surface area contributed by atoms with Gasteiger partial charge in [0.15, 0.2) is 5.96 Å². The molecule has 0 radical (unpaired) electrons. The van der Waals surface area contributed by atoms with Gasteiger partial charge in [0.25, 0.3) is 0 Å². The number of rotatable bonds is 10. The second kappa shape index (κ2) is 14.0.